The lowest BCUT2D eigenvalue weighted by Crippen LogP contribution is -2.39. The number of aliphatic hydroxyl groups is 1. The number of aliphatic hydroxyl groups excluding tert-OH is 1. The van der Waals surface area contributed by atoms with Crippen LogP contribution in [0.4, 0.5) is 0 Å². The third kappa shape index (κ3) is 2.98. The number of carbonyl (C=O) groups is 1. The van der Waals surface area contributed by atoms with Crippen LogP contribution in [-0.4, -0.2) is 23.3 Å². The average Bonchev–Trinajstić information content (AvgIpc) is 2.14. The number of cyclic esters (lactones) is 1. The lowest BCUT2D eigenvalue weighted by molar-refractivity contribution is -0.169. The van der Waals surface area contributed by atoms with Crippen LogP contribution in [0.25, 0.3) is 0 Å². The molecule has 3 atom stereocenters. The molecule has 14 heavy (non-hydrogen) atoms. The van der Waals surface area contributed by atoms with Crippen LogP contribution in [0.2, 0.25) is 0 Å². The van der Waals surface area contributed by atoms with E-state index in [2.05, 4.69) is 6.92 Å². The maximum Gasteiger partial charge on any atom is 0.311 e. The van der Waals surface area contributed by atoms with E-state index >= 15 is 0 Å². The summed E-state index contributed by atoms with van der Waals surface area (Å²) in [6, 6.07) is 0. The predicted molar refractivity (Wildman–Crippen MR) is 53.8 cm³/mol. The van der Waals surface area contributed by atoms with Gasteiger partial charge in [-0.25, -0.2) is 0 Å². The van der Waals surface area contributed by atoms with Crippen LogP contribution in [0.5, 0.6) is 0 Å². The Morgan fingerprint density at radius 1 is 1.50 bits per heavy atom. The number of rotatable bonds is 4. The summed E-state index contributed by atoms with van der Waals surface area (Å²) in [5.74, 6) is -0.595. The molecule has 0 unspecified atom stereocenters. The molecular weight excluding hydrogens is 180 g/mol. The van der Waals surface area contributed by atoms with Gasteiger partial charge in [0, 0.05) is 6.42 Å². The van der Waals surface area contributed by atoms with Gasteiger partial charge in [-0.15, -0.1) is 0 Å². The molecule has 1 N–H and O–H groups in total. The highest BCUT2D eigenvalue weighted by Crippen LogP contribution is 2.23. The minimum absolute atomic E-state index is 0.0553. The van der Waals surface area contributed by atoms with Crippen molar-refractivity contribution in [3.05, 3.63) is 0 Å². The highest BCUT2D eigenvalue weighted by atomic mass is 16.5. The molecule has 0 aromatic heterocycles. The lowest BCUT2D eigenvalue weighted by atomic mass is 9.93. The summed E-state index contributed by atoms with van der Waals surface area (Å²) in [7, 11) is 0. The van der Waals surface area contributed by atoms with Crippen molar-refractivity contribution in [2.75, 3.05) is 0 Å². The van der Waals surface area contributed by atoms with Crippen molar-refractivity contribution in [1.29, 1.82) is 0 Å². The maximum absolute atomic E-state index is 11.3. The second-order valence-corrected chi connectivity index (χ2v) is 4.15. The fraction of sp³-hybridized carbons (Fsp3) is 0.909. The molecule has 1 fully saturated rings. The Morgan fingerprint density at radius 3 is 2.79 bits per heavy atom. The molecule has 0 aromatic carbocycles. The number of hydrogen-bond donors (Lipinski definition) is 1. The molecule has 0 saturated carbocycles. The summed E-state index contributed by atoms with van der Waals surface area (Å²) < 4.78 is 5.22. The molecule has 1 aliphatic heterocycles. The van der Waals surface area contributed by atoms with Crippen LogP contribution in [0.1, 0.15) is 46.0 Å². The fourth-order valence-corrected chi connectivity index (χ4v) is 1.75. The zero-order chi connectivity index (χ0) is 10.6. The molecule has 3 heteroatoms. The van der Waals surface area contributed by atoms with Gasteiger partial charge in [-0.05, 0) is 19.8 Å². The maximum atomic E-state index is 11.3. The standard InChI is InChI=1S/C11H20O3/c1-3-4-5-6-9-7-10(12)8(2)11(13)14-9/h8-10,12H,3-7H2,1-2H3/t8-,9-,10+/m1/s1. The Bertz CT molecular complexity index is 191. The molecule has 1 heterocycles. The van der Waals surface area contributed by atoms with Crippen LogP contribution in [0.3, 0.4) is 0 Å². The molecule has 82 valence electrons. The Hall–Kier alpha value is -0.570. The van der Waals surface area contributed by atoms with E-state index in [1.54, 1.807) is 6.92 Å². The molecule has 0 amide bonds. The van der Waals surface area contributed by atoms with Gasteiger partial charge >= 0.3 is 5.97 Å². The van der Waals surface area contributed by atoms with E-state index in [9.17, 15) is 9.90 Å². The van der Waals surface area contributed by atoms with Crippen molar-refractivity contribution in [2.45, 2.75) is 58.2 Å². The minimum Gasteiger partial charge on any atom is -0.462 e. The summed E-state index contributed by atoms with van der Waals surface area (Å²) >= 11 is 0. The van der Waals surface area contributed by atoms with E-state index < -0.39 is 6.10 Å². The minimum atomic E-state index is -0.511. The number of carbonyl (C=O) groups excluding carboxylic acids is 1. The van der Waals surface area contributed by atoms with Crippen LogP contribution in [-0.2, 0) is 9.53 Å². The Labute approximate surface area is 85.5 Å². The summed E-state index contributed by atoms with van der Waals surface area (Å²) in [5, 5.41) is 9.57. The molecule has 0 aliphatic carbocycles. The van der Waals surface area contributed by atoms with Gasteiger partial charge in [-0.3, -0.25) is 4.79 Å². The summed E-state index contributed by atoms with van der Waals surface area (Å²) in [6.07, 6.45) is 4.35. The van der Waals surface area contributed by atoms with Crippen LogP contribution >= 0.6 is 0 Å². The molecule has 0 aromatic rings. The van der Waals surface area contributed by atoms with E-state index in [0.29, 0.717) is 6.42 Å². The molecule has 1 aliphatic rings. The van der Waals surface area contributed by atoms with Gasteiger partial charge in [0.05, 0.1) is 12.0 Å². The smallest absolute Gasteiger partial charge is 0.311 e. The van der Waals surface area contributed by atoms with Gasteiger partial charge in [-0.2, -0.15) is 0 Å². The largest absolute Gasteiger partial charge is 0.462 e. The average molecular weight is 200 g/mol. The number of hydrogen-bond acceptors (Lipinski definition) is 3. The Balaban J connectivity index is 2.31. The van der Waals surface area contributed by atoms with Crippen LogP contribution < -0.4 is 0 Å². The van der Waals surface area contributed by atoms with E-state index in [-0.39, 0.29) is 18.0 Å². The monoisotopic (exact) mass is 200 g/mol. The molecule has 1 saturated heterocycles. The Morgan fingerprint density at radius 2 is 2.21 bits per heavy atom. The van der Waals surface area contributed by atoms with Gasteiger partial charge < -0.3 is 9.84 Å². The number of ether oxygens (including phenoxy) is 1. The molecule has 0 bridgehead atoms. The summed E-state index contributed by atoms with van der Waals surface area (Å²) in [6.45, 7) is 3.86. The van der Waals surface area contributed by atoms with E-state index in [1.807, 2.05) is 0 Å². The van der Waals surface area contributed by atoms with E-state index in [0.717, 1.165) is 12.8 Å². The Kier molecular flexibility index (Phi) is 4.39. The molecule has 3 nitrogen and oxygen atoms in total. The first-order valence-electron chi connectivity index (χ1n) is 5.53. The van der Waals surface area contributed by atoms with Gasteiger partial charge in [0.2, 0.25) is 0 Å². The summed E-state index contributed by atoms with van der Waals surface area (Å²) in [4.78, 5) is 11.3. The molecule has 0 spiro atoms. The van der Waals surface area contributed by atoms with Crippen LogP contribution in [0, 0.1) is 5.92 Å². The first kappa shape index (κ1) is 11.5. The van der Waals surface area contributed by atoms with Crippen molar-refractivity contribution in [1.82, 2.24) is 0 Å². The van der Waals surface area contributed by atoms with E-state index in [1.165, 1.54) is 12.8 Å². The predicted octanol–water partition coefficient (Wildman–Crippen LogP) is 1.88. The quantitative estimate of drug-likeness (QED) is 0.556. The normalized spacial score (nSPS) is 32.8. The van der Waals surface area contributed by atoms with Gasteiger partial charge in [0.1, 0.15) is 6.10 Å². The number of unbranched alkanes of at least 4 members (excludes halogenated alkanes) is 2. The van der Waals surface area contributed by atoms with Crippen molar-refractivity contribution in [3.8, 4) is 0 Å². The van der Waals surface area contributed by atoms with Gasteiger partial charge in [-0.1, -0.05) is 19.8 Å². The van der Waals surface area contributed by atoms with E-state index in [4.69, 9.17) is 4.74 Å². The molecule has 0 radical (unpaired) electrons. The second kappa shape index (κ2) is 5.35. The first-order chi connectivity index (χ1) is 6.65. The number of esters is 1. The van der Waals surface area contributed by atoms with Crippen molar-refractivity contribution >= 4 is 5.97 Å². The highest BCUT2D eigenvalue weighted by Gasteiger charge is 2.33. The SMILES string of the molecule is CCCCC[C@@H]1C[C@H](O)[C@@H](C)C(=O)O1. The lowest BCUT2D eigenvalue weighted by Gasteiger charge is -2.30. The van der Waals surface area contributed by atoms with Crippen molar-refractivity contribution < 1.29 is 14.6 Å². The zero-order valence-corrected chi connectivity index (χ0v) is 9.03. The topological polar surface area (TPSA) is 46.5 Å². The van der Waals surface area contributed by atoms with Gasteiger partial charge in [0.25, 0.3) is 0 Å². The second-order valence-electron chi connectivity index (χ2n) is 4.15. The molecular formula is C11H20O3. The first-order valence-corrected chi connectivity index (χ1v) is 5.53. The fourth-order valence-electron chi connectivity index (χ4n) is 1.75. The van der Waals surface area contributed by atoms with Crippen molar-refractivity contribution in [3.63, 3.8) is 0 Å². The highest BCUT2D eigenvalue weighted by molar-refractivity contribution is 5.73. The zero-order valence-electron chi connectivity index (χ0n) is 9.03. The van der Waals surface area contributed by atoms with Crippen LogP contribution in [0.15, 0.2) is 0 Å². The third-order valence-electron chi connectivity index (χ3n) is 2.87. The van der Waals surface area contributed by atoms with Crippen molar-refractivity contribution in [2.24, 2.45) is 5.92 Å². The summed E-state index contributed by atoms with van der Waals surface area (Å²) in [5.41, 5.74) is 0. The van der Waals surface area contributed by atoms with Gasteiger partial charge in [0.15, 0.2) is 0 Å². The third-order valence-corrected chi connectivity index (χ3v) is 2.87. The molecule has 1 rings (SSSR count).